The van der Waals surface area contributed by atoms with Crippen LogP contribution in [0.15, 0.2) is 54.6 Å². The maximum Gasteiger partial charge on any atom is 0.242 e. The van der Waals surface area contributed by atoms with Crippen LogP contribution in [0.2, 0.25) is 0 Å². The molecule has 0 unspecified atom stereocenters. The molecular formula is C36H54N4O3. The molecule has 2 amide bonds. The number of rotatable bonds is 16. The fraction of sp³-hybridized carbons (Fsp3) is 0.611. The molecule has 1 aliphatic carbocycles. The maximum atomic E-state index is 13.7. The van der Waals surface area contributed by atoms with Crippen molar-refractivity contribution >= 4 is 11.8 Å². The molecule has 236 valence electrons. The van der Waals surface area contributed by atoms with Gasteiger partial charge in [-0.2, -0.15) is 0 Å². The minimum atomic E-state index is -0.643. The third kappa shape index (κ3) is 12.0. The van der Waals surface area contributed by atoms with Crippen LogP contribution in [-0.4, -0.2) is 61.5 Å². The predicted molar refractivity (Wildman–Crippen MR) is 174 cm³/mol. The lowest BCUT2D eigenvalue weighted by atomic mass is 9.89. The molecule has 1 saturated heterocycles. The van der Waals surface area contributed by atoms with Crippen LogP contribution < -0.4 is 20.7 Å². The van der Waals surface area contributed by atoms with Gasteiger partial charge in [-0.1, -0.05) is 82.0 Å². The second-order valence-electron chi connectivity index (χ2n) is 13.0. The highest BCUT2D eigenvalue weighted by molar-refractivity contribution is 5.90. The van der Waals surface area contributed by atoms with Gasteiger partial charge in [0.2, 0.25) is 11.8 Å². The van der Waals surface area contributed by atoms with E-state index in [9.17, 15) is 9.59 Å². The standard InChI is InChI=1S/C36H54N4O3/c1-28(2)24-33(38-26-30-12-6-3-7-13-30)36(42)39-34(35(41)37-20-23-40-21-10-5-11-22-40)25-29-16-18-32(19-17-29)43-27-31-14-8-4-9-15-31/h4,8-9,14-19,28,30,33-34,38H,3,5-7,10-13,20-27H2,1-2H3,(H,37,41)(H,39,42)/t33-,34+/m0/s1. The number of hydrogen-bond acceptors (Lipinski definition) is 5. The van der Waals surface area contributed by atoms with Crippen molar-refractivity contribution in [1.29, 1.82) is 0 Å². The van der Waals surface area contributed by atoms with Gasteiger partial charge in [-0.15, -0.1) is 0 Å². The van der Waals surface area contributed by atoms with E-state index in [1.807, 2.05) is 54.6 Å². The largest absolute Gasteiger partial charge is 0.489 e. The molecule has 1 heterocycles. The minimum Gasteiger partial charge on any atom is -0.489 e. The Morgan fingerprint density at radius 1 is 0.837 bits per heavy atom. The first-order valence-corrected chi connectivity index (χ1v) is 16.8. The van der Waals surface area contributed by atoms with Gasteiger partial charge in [0, 0.05) is 19.5 Å². The van der Waals surface area contributed by atoms with E-state index in [4.69, 9.17) is 4.74 Å². The van der Waals surface area contributed by atoms with E-state index >= 15 is 0 Å². The molecule has 2 aromatic carbocycles. The lowest BCUT2D eigenvalue weighted by Crippen LogP contribution is -2.55. The summed E-state index contributed by atoms with van der Waals surface area (Å²) in [7, 11) is 0. The Labute approximate surface area is 259 Å². The summed E-state index contributed by atoms with van der Waals surface area (Å²) >= 11 is 0. The van der Waals surface area contributed by atoms with Crippen molar-refractivity contribution < 1.29 is 14.3 Å². The van der Waals surface area contributed by atoms with Crippen molar-refractivity contribution in [2.75, 3.05) is 32.7 Å². The first-order valence-electron chi connectivity index (χ1n) is 16.8. The van der Waals surface area contributed by atoms with Crippen molar-refractivity contribution in [3.8, 4) is 5.75 Å². The van der Waals surface area contributed by atoms with Gasteiger partial charge in [-0.05, 0) is 86.8 Å². The van der Waals surface area contributed by atoms with Crippen LogP contribution in [0.1, 0.15) is 82.8 Å². The number of ether oxygens (including phenoxy) is 1. The monoisotopic (exact) mass is 590 g/mol. The smallest absolute Gasteiger partial charge is 0.242 e. The Kier molecular flexibility index (Phi) is 13.8. The predicted octanol–water partition coefficient (Wildman–Crippen LogP) is 5.48. The van der Waals surface area contributed by atoms with Crippen molar-refractivity contribution in [3.05, 3.63) is 65.7 Å². The van der Waals surface area contributed by atoms with Crippen molar-refractivity contribution in [2.45, 2.75) is 96.7 Å². The Morgan fingerprint density at radius 2 is 1.53 bits per heavy atom. The lowest BCUT2D eigenvalue weighted by Gasteiger charge is -2.28. The summed E-state index contributed by atoms with van der Waals surface area (Å²) in [4.78, 5) is 29.6. The summed E-state index contributed by atoms with van der Waals surface area (Å²) in [5, 5.41) is 9.86. The Morgan fingerprint density at radius 3 is 2.23 bits per heavy atom. The molecule has 2 atom stereocenters. The zero-order valence-electron chi connectivity index (χ0n) is 26.5. The number of carbonyl (C=O) groups is 2. The number of nitrogens with one attached hydrogen (secondary N) is 3. The molecule has 0 bridgehead atoms. The van der Waals surface area contributed by atoms with Crippen LogP contribution in [0.3, 0.4) is 0 Å². The lowest BCUT2D eigenvalue weighted by molar-refractivity contribution is -0.130. The number of nitrogens with zero attached hydrogens (tertiary/aromatic N) is 1. The fourth-order valence-electron chi connectivity index (χ4n) is 6.28. The molecule has 4 rings (SSSR count). The summed E-state index contributed by atoms with van der Waals surface area (Å²) in [6.07, 6.45) is 11.3. The molecule has 2 fully saturated rings. The highest BCUT2D eigenvalue weighted by atomic mass is 16.5. The number of hydrogen-bond donors (Lipinski definition) is 3. The Bertz CT molecular complexity index is 1080. The second kappa shape index (κ2) is 18.0. The van der Waals surface area contributed by atoms with Gasteiger partial charge in [-0.3, -0.25) is 9.59 Å². The molecule has 1 aliphatic heterocycles. The number of likely N-dealkylation sites (tertiary alicyclic amines) is 1. The van der Waals surface area contributed by atoms with Crippen LogP contribution >= 0.6 is 0 Å². The van der Waals surface area contributed by atoms with E-state index in [1.54, 1.807) is 0 Å². The highest BCUT2D eigenvalue weighted by Gasteiger charge is 2.27. The van der Waals surface area contributed by atoms with Gasteiger partial charge in [-0.25, -0.2) is 0 Å². The van der Waals surface area contributed by atoms with Gasteiger partial charge < -0.3 is 25.6 Å². The molecule has 0 aromatic heterocycles. The van der Waals surface area contributed by atoms with Gasteiger partial charge in [0.1, 0.15) is 18.4 Å². The highest BCUT2D eigenvalue weighted by Crippen LogP contribution is 2.23. The molecule has 1 saturated carbocycles. The number of amides is 2. The van der Waals surface area contributed by atoms with E-state index in [0.717, 1.165) is 49.5 Å². The van der Waals surface area contributed by atoms with Crippen LogP contribution in [0, 0.1) is 11.8 Å². The fourth-order valence-corrected chi connectivity index (χ4v) is 6.28. The SMILES string of the molecule is CC(C)C[C@H](NCC1CCCCC1)C(=O)N[C@H](Cc1ccc(OCc2ccccc2)cc1)C(=O)NCCN1CCCCC1. The molecule has 3 N–H and O–H groups in total. The minimum absolute atomic E-state index is 0.0801. The third-order valence-corrected chi connectivity index (χ3v) is 8.82. The van der Waals surface area contributed by atoms with Gasteiger partial charge in [0.25, 0.3) is 0 Å². The van der Waals surface area contributed by atoms with Crippen molar-refractivity contribution in [1.82, 2.24) is 20.9 Å². The summed E-state index contributed by atoms with van der Waals surface area (Å²) in [5.41, 5.74) is 2.10. The summed E-state index contributed by atoms with van der Waals surface area (Å²) in [5.74, 6) is 1.58. The van der Waals surface area contributed by atoms with E-state index in [2.05, 4.69) is 34.7 Å². The zero-order valence-corrected chi connectivity index (χ0v) is 26.5. The molecule has 0 radical (unpaired) electrons. The number of carbonyl (C=O) groups excluding carboxylic acids is 2. The quantitative estimate of drug-likeness (QED) is 0.241. The molecule has 2 aromatic rings. The van der Waals surface area contributed by atoms with Gasteiger partial charge in [0.15, 0.2) is 0 Å². The first kappa shape index (κ1) is 33.0. The average Bonchev–Trinajstić information content (AvgIpc) is 3.03. The summed E-state index contributed by atoms with van der Waals surface area (Å²) in [6.45, 7) is 9.29. The van der Waals surface area contributed by atoms with E-state index < -0.39 is 6.04 Å². The molecule has 2 aliphatic rings. The van der Waals surface area contributed by atoms with Gasteiger partial charge in [0.05, 0.1) is 6.04 Å². The second-order valence-corrected chi connectivity index (χ2v) is 13.0. The molecule has 43 heavy (non-hydrogen) atoms. The molecule has 7 heteroatoms. The van der Waals surface area contributed by atoms with Crippen LogP contribution in [0.5, 0.6) is 5.75 Å². The van der Waals surface area contributed by atoms with Crippen molar-refractivity contribution in [3.63, 3.8) is 0 Å². The zero-order chi connectivity index (χ0) is 30.3. The topological polar surface area (TPSA) is 82.7 Å². The summed E-state index contributed by atoms with van der Waals surface area (Å²) < 4.78 is 5.96. The van der Waals surface area contributed by atoms with Crippen molar-refractivity contribution in [2.24, 2.45) is 11.8 Å². The van der Waals surface area contributed by atoms with Crippen LogP contribution in [0.4, 0.5) is 0 Å². The van der Waals surface area contributed by atoms with Crippen LogP contribution in [-0.2, 0) is 22.6 Å². The van der Waals surface area contributed by atoms with Gasteiger partial charge >= 0.3 is 0 Å². The Hall–Kier alpha value is -2.90. The van der Waals surface area contributed by atoms with Crippen LogP contribution in [0.25, 0.3) is 0 Å². The molecular weight excluding hydrogens is 536 g/mol. The first-order chi connectivity index (χ1) is 21.0. The number of benzene rings is 2. The van der Waals surface area contributed by atoms with E-state index in [-0.39, 0.29) is 17.9 Å². The summed E-state index contributed by atoms with van der Waals surface area (Å²) in [6, 6.07) is 17.0. The maximum absolute atomic E-state index is 13.7. The average molecular weight is 591 g/mol. The van der Waals surface area contributed by atoms with E-state index in [0.29, 0.717) is 31.4 Å². The normalized spacial score (nSPS) is 17.7. The third-order valence-electron chi connectivity index (χ3n) is 8.82. The number of piperidine rings is 1. The molecule has 0 spiro atoms. The Balaban J connectivity index is 1.37. The van der Waals surface area contributed by atoms with E-state index in [1.165, 1.54) is 51.4 Å². The molecule has 7 nitrogen and oxygen atoms in total.